The molecule has 0 spiro atoms. The zero-order chi connectivity index (χ0) is 28.1. The van der Waals surface area contributed by atoms with Gasteiger partial charge in [-0.25, -0.2) is 19.2 Å². The maximum absolute atomic E-state index is 14.2. The molecule has 5 aromatic rings. The number of nitriles is 1. The quantitative estimate of drug-likeness (QED) is 0.274. The summed E-state index contributed by atoms with van der Waals surface area (Å²) in [4.78, 5) is 29.7. The van der Waals surface area contributed by atoms with Crippen molar-refractivity contribution in [3.63, 3.8) is 0 Å². The third-order valence-corrected chi connectivity index (χ3v) is 6.18. The van der Waals surface area contributed by atoms with Crippen LogP contribution in [0.15, 0.2) is 67.0 Å². The van der Waals surface area contributed by atoms with Crippen LogP contribution in [0.2, 0.25) is 0 Å². The van der Waals surface area contributed by atoms with Crippen molar-refractivity contribution in [2.75, 3.05) is 13.7 Å². The highest BCUT2D eigenvalue weighted by molar-refractivity contribution is 5.92. The number of methoxy groups -OCH3 is 1. The number of pyridine rings is 1. The molecule has 5 rings (SSSR count). The van der Waals surface area contributed by atoms with Crippen LogP contribution in [0, 0.1) is 17.1 Å². The van der Waals surface area contributed by atoms with Gasteiger partial charge >= 0.3 is 5.97 Å². The van der Waals surface area contributed by atoms with Crippen LogP contribution < -0.4 is 4.74 Å². The van der Waals surface area contributed by atoms with Gasteiger partial charge in [0, 0.05) is 37.9 Å². The maximum Gasteiger partial charge on any atom is 0.335 e. The molecule has 0 aliphatic carbocycles. The number of aromatic carboxylic acids is 1. The van der Waals surface area contributed by atoms with Crippen molar-refractivity contribution in [2.45, 2.75) is 19.6 Å². The van der Waals surface area contributed by atoms with Crippen LogP contribution in [-0.4, -0.2) is 49.3 Å². The van der Waals surface area contributed by atoms with E-state index in [0.29, 0.717) is 65.0 Å². The van der Waals surface area contributed by atoms with E-state index in [2.05, 4.69) is 15.0 Å². The van der Waals surface area contributed by atoms with Gasteiger partial charge in [0.1, 0.15) is 23.9 Å². The zero-order valence-electron chi connectivity index (χ0n) is 21.4. The second-order valence-corrected chi connectivity index (χ2v) is 8.82. The molecule has 0 bridgehead atoms. The second kappa shape index (κ2) is 11.7. The van der Waals surface area contributed by atoms with Gasteiger partial charge in [-0.05, 0) is 36.4 Å². The fourth-order valence-electron chi connectivity index (χ4n) is 4.14. The number of carbonyl (C=O) groups is 1. The number of hydrogen-bond acceptors (Lipinski definition) is 8. The third kappa shape index (κ3) is 5.77. The predicted molar refractivity (Wildman–Crippen MR) is 142 cm³/mol. The van der Waals surface area contributed by atoms with Crippen LogP contribution in [-0.2, 0) is 24.3 Å². The minimum Gasteiger partial charge on any atom is -0.478 e. The van der Waals surface area contributed by atoms with Gasteiger partial charge in [0.25, 0.3) is 0 Å². The van der Waals surface area contributed by atoms with Gasteiger partial charge in [0.05, 0.1) is 52.4 Å². The van der Waals surface area contributed by atoms with Crippen molar-refractivity contribution in [3.8, 4) is 23.3 Å². The van der Waals surface area contributed by atoms with Crippen molar-refractivity contribution in [2.24, 2.45) is 0 Å². The molecule has 0 aliphatic rings. The number of carboxylic acid groups (broad SMARTS) is 1. The Hall–Kier alpha value is -5.21. The number of rotatable bonds is 10. The summed E-state index contributed by atoms with van der Waals surface area (Å²) in [6.07, 6.45) is 3.62. The molecule has 3 heterocycles. The first-order valence-corrected chi connectivity index (χ1v) is 12.3. The molecule has 0 fully saturated rings. The van der Waals surface area contributed by atoms with Crippen molar-refractivity contribution in [1.29, 1.82) is 5.26 Å². The minimum absolute atomic E-state index is 0.0450. The van der Waals surface area contributed by atoms with Crippen LogP contribution >= 0.6 is 0 Å². The Bertz CT molecular complexity index is 1730. The van der Waals surface area contributed by atoms with E-state index in [1.165, 1.54) is 24.3 Å². The first-order valence-electron chi connectivity index (χ1n) is 12.3. The topological polar surface area (TPSA) is 136 Å². The van der Waals surface area contributed by atoms with Crippen molar-refractivity contribution >= 4 is 17.0 Å². The largest absolute Gasteiger partial charge is 0.478 e. The molecule has 3 aromatic heterocycles. The molecule has 0 amide bonds. The number of benzene rings is 2. The molecule has 2 aromatic carbocycles. The molecule has 10 nitrogen and oxygen atoms in total. The van der Waals surface area contributed by atoms with Crippen LogP contribution in [0.1, 0.15) is 33.0 Å². The van der Waals surface area contributed by atoms with Crippen molar-refractivity contribution in [1.82, 2.24) is 24.5 Å². The van der Waals surface area contributed by atoms with Gasteiger partial charge in [-0.2, -0.15) is 5.26 Å². The molecule has 0 saturated carbocycles. The summed E-state index contributed by atoms with van der Waals surface area (Å²) in [5, 5.41) is 18.3. The zero-order valence-corrected chi connectivity index (χ0v) is 21.4. The Kier molecular flexibility index (Phi) is 7.70. The number of carboxylic acids is 1. The van der Waals surface area contributed by atoms with Gasteiger partial charge in [0.15, 0.2) is 0 Å². The molecule has 0 atom stereocenters. The van der Waals surface area contributed by atoms with E-state index in [4.69, 9.17) is 19.7 Å². The maximum atomic E-state index is 14.2. The number of imidazole rings is 1. The van der Waals surface area contributed by atoms with Gasteiger partial charge in [0.2, 0.25) is 5.88 Å². The summed E-state index contributed by atoms with van der Waals surface area (Å²) in [6, 6.07) is 16.1. The van der Waals surface area contributed by atoms with E-state index in [1.807, 2.05) is 10.6 Å². The molecule has 0 saturated heterocycles. The normalized spacial score (nSPS) is 10.9. The number of aromatic nitrogens is 5. The summed E-state index contributed by atoms with van der Waals surface area (Å²) in [6.45, 7) is 0.888. The minimum atomic E-state index is -1.01. The van der Waals surface area contributed by atoms with E-state index in [9.17, 15) is 14.3 Å². The van der Waals surface area contributed by atoms with Gasteiger partial charge in [-0.15, -0.1) is 0 Å². The van der Waals surface area contributed by atoms with E-state index in [0.717, 1.165) is 0 Å². The van der Waals surface area contributed by atoms with Gasteiger partial charge in [-0.1, -0.05) is 12.1 Å². The summed E-state index contributed by atoms with van der Waals surface area (Å²) in [5.74, 6) is -0.524. The molecule has 0 unspecified atom stereocenters. The summed E-state index contributed by atoms with van der Waals surface area (Å²) < 4.78 is 27.0. The predicted octanol–water partition coefficient (Wildman–Crippen LogP) is 4.41. The molecule has 200 valence electrons. The molecular weight excluding hydrogens is 515 g/mol. The average molecular weight is 539 g/mol. The molecule has 0 aliphatic heterocycles. The first-order chi connectivity index (χ1) is 19.4. The molecule has 40 heavy (non-hydrogen) atoms. The lowest BCUT2D eigenvalue weighted by Crippen LogP contribution is -2.10. The number of ether oxygens (including phenoxy) is 2. The average Bonchev–Trinajstić information content (AvgIpc) is 3.31. The molecular formula is C29H23FN6O4. The lowest BCUT2D eigenvalue weighted by molar-refractivity contribution is 0.0697. The number of hydrogen-bond donors (Lipinski definition) is 1. The monoisotopic (exact) mass is 538 g/mol. The van der Waals surface area contributed by atoms with Crippen molar-refractivity contribution < 1.29 is 23.8 Å². The van der Waals surface area contributed by atoms with Crippen molar-refractivity contribution in [3.05, 3.63) is 101 Å². The molecule has 11 heteroatoms. The third-order valence-electron chi connectivity index (χ3n) is 6.18. The summed E-state index contributed by atoms with van der Waals surface area (Å²) >= 11 is 0. The number of nitrogens with zero attached hydrogens (tertiary/aromatic N) is 6. The van der Waals surface area contributed by atoms with E-state index < -0.39 is 11.8 Å². The van der Waals surface area contributed by atoms with E-state index in [-0.39, 0.29) is 17.7 Å². The smallest absolute Gasteiger partial charge is 0.335 e. The van der Waals surface area contributed by atoms with Gasteiger partial charge < -0.3 is 19.1 Å². The Morgan fingerprint density at radius 2 is 1.95 bits per heavy atom. The van der Waals surface area contributed by atoms with Crippen LogP contribution in [0.4, 0.5) is 4.39 Å². The fraction of sp³-hybridized carbons (Fsp3) is 0.172. The highest BCUT2D eigenvalue weighted by Crippen LogP contribution is 2.22. The SMILES string of the molecule is COCCn1c(Cc2cnc(-c3cccc(OCc4ccc(C#N)cc4F)n3)cn2)nc2ccc(C(=O)O)cc21. The standard InChI is InChI=1S/C29H23FN6O4/c1-39-10-9-36-26-12-19(29(37)38)7-8-24(26)34-27(36)13-21-15-33-25(16-32-21)23-3-2-4-28(35-23)40-17-20-6-5-18(14-31)11-22(20)30/h2-8,11-12,15-16H,9-10,13,17H2,1H3,(H,37,38). The Labute approximate surface area is 228 Å². The lowest BCUT2D eigenvalue weighted by Gasteiger charge is -2.09. The Balaban J connectivity index is 1.33. The highest BCUT2D eigenvalue weighted by Gasteiger charge is 2.15. The summed E-state index contributed by atoms with van der Waals surface area (Å²) in [5.41, 5.74) is 3.85. The Morgan fingerprint density at radius 3 is 2.67 bits per heavy atom. The highest BCUT2D eigenvalue weighted by atomic mass is 19.1. The van der Waals surface area contributed by atoms with Crippen LogP contribution in [0.5, 0.6) is 5.88 Å². The number of halogens is 1. The summed E-state index contributed by atoms with van der Waals surface area (Å²) in [7, 11) is 1.60. The fourth-order valence-corrected chi connectivity index (χ4v) is 4.14. The van der Waals surface area contributed by atoms with Crippen LogP contribution in [0.25, 0.3) is 22.4 Å². The Morgan fingerprint density at radius 1 is 1.07 bits per heavy atom. The molecule has 0 radical (unpaired) electrons. The molecule has 1 N–H and O–H groups in total. The van der Waals surface area contributed by atoms with E-state index >= 15 is 0 Å². The van der Waals surface area contributed by atoms with Crippen LogP contribution in [0.3, 0.4) is 0 Å². The lowest BCUT2D eigenvalue weighted by atomic mass is 10.1. The number of fused-ring (bicyclic) bond motifs is 1. The second-order valence-electron chi connectivity index (χ2n) is 8.82. The first kappa shape index (κ1) is 26.4. The van der Waals surface area contributed by atoms with E-state index in [1.54, 1.807) is 49.8 Å². The van der Waals surface area contributed by atoms with Gasteiger partial charge in [-0.3, -0.25) is 9.97 Å².